The van der Waals surface area contributed by atoms with Gasteiger partial charge in [0.1, 0.15) is 6.61 Å². The van der Waals surface area contributed by atoms with Gasteiger partial charge in [-0.15, -0.1) is 0 Å². The highest BCUT2D eigenvalue weighted by atomic mass is 16.6. The maximum atomic E-state index is 4.77. The van der Waals surface area contributed by atoms with Gasteiger partial charge >= 0.3 is 0 Å². The van der Waals surface area contributed by atoms with E-state index in [1.54, 1.807) is 6.92 Å². The summed E-state index contributed by atoms with van der Waals surface area (Å²) >= 11 is 0. The zero-order valence-electron chi connectivity index (χ0n) is 5.48. The topological polar surface area (TPSA) is 21.6 Å². The second kappa shape index (κ2) is 4.62. The molecule has 0 fully saturated rings. The first-order valence-electron chi connectivity index (χ1n) is 2.76. The fourth-order valence-electron chi connectivity index (χ4n) is 0.247. The first-order valence-corrected chi connectivity index (χ1v) is 2.76. The van der Waals surface area contributed by atoms with E-state index in [0.717, 1.165) is 12.1 Å². The SMILES string of the molecule is [CH2]C(C)=NOCCC. The molecule has 0 saturated carbocycles. The van der Waals surface area contributed by atoms with Crippen molar-refractivity contribution in [2.75, 3.05) is 6.61 Å². The molecule has 0 atom stereocenters. The lowest BCUT2D eigenvalue weighted by Crippen LogP contribution is -1.87. The number of hydrogen-bond donors (Lipinski definition) is 0. The Hall–Kier alpha value is -0.530. The average molecular weight is 114 g/mol. The minimum Gasteiger partial charge on any atom is -0.396 e. The van der Waals surface area contributed by atoms with Gasteiger partial charge < -0.3 is 4.84 Å². The molecule has 0 aromatic heterocycles. The molecule has 0 heterocycles. The Morgan fingerprint density at radius 3 is 2.75 bits per heavy atom. The van der Waals surface area contributed by atoms with E-state index in [-0.39, 0.29) is 0 Å². The van der Waals surface area contributed by atoms with E-state index in [0.29, 0.717) is 6.61 Å². The van der Waals surface area contributed by atoms with Crippen molar-refractivity contribution in [3.05, 3.63) is 6.92 Å². The lowest BCUT2D eigenvalue weighted by molar-refractivity contribution is 0.145. The van der Waals surface area contributed by atoms with Gasteiger partial charge in [-0.2, -0.15) is 0 Å². The van der Waals surface area contributed by atoms with Gasteiger partial charge in [0.25, 0.3) is 0 Å². The van der Waals surface area contributed by atoms with Crippen LogP contribution in [0.2, 0.25) is 0 Å². The third kappa shape index (κ3) is 5.47. The highest BCUT2D eigenvalue weighted by Gasteiger charge is 1.77. The second-order valence-corrected chi connectivity index (χ2v) is 1.66. The molecule has 8 heavy (non-hydrogen) atoms. The molecule has 0 unspecified atom stereocenters. The van der Waals surface area contributed by atoms with Crippen LogP contribution < -0.4 is 0 Å². The second-order valence-electron chi connectivity index (χ2n) is 1.66. The molecule has 47 valence electrons. The quantitative estimate of drug-likeness (QED) is 0.310. The molecule has 0 amide bonds. The van der Waals surface area contributed by atoms with Crippen LogP contribution in [0.1, 0.15) is 20.3 Å². The van der Waals surface area contributed by atoms with E-state index in [4.69, 9.17) is 4.84 Å². The van der Waals surface area contributed by atoms with Gasteiger partial charge in [0.05, 0.1) is 5.71 Å². The number of nitrogens with zero attached hydrogens (tertiary/aromatic N) is 1. The van der Waals surface area contributed by atoms with Crippen LogP contribution in [0.25, 0.3) is 0 Å². The number of oxime groups is 1. The van der Waals surface area contributed by atoms with Gasteiger partial charge in [-0.05, 0) is 20.3 Å². The van der Waals surface area contributed by atoms with Crippen molar-refractivity contribution >= 4 is 5.71 Å². The molecule has 0 N–H and O–H groups in total. The van der Waals surface area contributed by atoms with Crippen molar-refractivity contribution in [1.29, 1.82) is 0 Å². The maximum absolute atomic E-state index is 4.77. The van der Waals surface area contributed by atoms with Gasteiger partial charge in [-0.3, -0.25) is 0 Å². The molecule has 0 rings (SSSR count). The normalized spacial score (nSPS) is 11.6. The van der Waals surface area contributed by atoms with E-state index in [2.05, 4.69) is 12.1 Å². The minimum absolute atomic E-state index is 0.687. The molecule has 0 saturated heterocycles. The van der Waals surface area contributed by atoms with E-state index < -0.39 is 0 Å². The predicted molar refractivity (Wildman–Crippen MR) is 34.7 cm³/mol. The summed E-state index contributed by atoms with van der Waals surface area (Å²) in [4.78, 5) is 4.77. The summed E-state index contributed by atoms with van der Waals surface area (Å²) in [5.41, 5.74) is 0.721. The summed E-state index contributed by atoms with van der Waals surface area (Å²) in [6.07, 6.45) is 0.997. The molecular weight excluding hydrogens is 102 g/mol. The average Bonchev–Trinajstić information content (AvgIpc) is 1.66. The first-order chi connectivity index (χ1) is 3.77. The van der Waals surface area contributed by atoms with E-state index >= 15 is 0 Å². The summed E-state index contributed by atoms with van der Waals surface area (Å²) in [5, 5.41) is 3.62. The van der Waals surface area contributed by atoms with Gasteiger partial charge in [-0.25, -0.2) is 0 Å². The summed E-state index contributed by atoms with van der Waals surface area (Å²) in [5.74, 6) is 0. The molecule has 0 bridgehead atoms. The fraction of sp³-hybridized carbons (Fsp3) is 0.667. The number of rotatable bonds is 3. The van der Waals surface area contributed by atoms with Crippen molar-refractivity contribution in [3.8, 4) is 0 Å². The van der Waals surface area contributed by atoms with Crippen molar-refractivity contribution in [1.82, 2.24) is 0 Å². The Morgan fingerprint density at radius 1 is 1.75 bits per heavy atom. The molecule has 0 aliphatic rings. The van der Waals surface area contributed by atoms with Crippen LogP contribution in [-0.2, 0) is 4.84 Å². The Balaban J connectivity index is 3.03. The number of hydrogen-bond acceptors (Lipinski definition) is 2. The van der Waals surface area contributed by atoms with Crippen LogP contribution in [0.5, 0.6) is 0 Å². The summed E-state index contributed by atoms with van der Waals surface area (Å²) in [6, 6.07) is 0. The molecule has 0 aliphatic heterocycles. The lowest BCUT2D eigenvalue weighted by atomic mass is 10.5. The largest absolute Gasteiger partial charge is 0.396 e. The van der Waals surface area contributed by atoms with Gasteiger partial charge in [0.2, 0.25) is 0 Å². The van der Waals surface area contributed by atoms with E-state index in [1.165, 1.54) is 0 Å². The van der Waals surface area contributed by atoms with Crippen LogP contribution >= 0.6 is 0 Å². The lowest BCUT2D eigenvalue weighted by Gasteiger charge is -1.93. The van der Waals surface area contributed by atoms with Crippen LogP contribution in [0.15, 0.2) is 5.16 Å². The van der Waals surface area contributed by atoms with E-state index in [9.17, 15) is 0 Å². The van der Waals surface area contributed by atoms with Crippen LogP contribution in [0.3, 0.4) is 0 Å². The molecule has 0 aliphatic carbocycles. The van der Waals surface area contributed by atoms with Crippen molar-refractivity contribution in [2.45, 2.75) is 20.3 Å². The van der Waals surface area contributed by atoms with Crippen molar-refractivity contribution in [3.63, 3.8) is 0 Å². The van der Waals surface area contributed by atoms with Crippen LogP contribution in [0, 0.1) is 6.92 Å². The molecule has 0 spiro atoms. The highest BCUT2D eigenvalue weighted by Crippen LogP contribution is 1.81. The summed E-state index contributed by atoms with van der Waals surface area (Å²) in [6.45, 7) is 8.06. The first kappa shape index (κ1) is 7.47. The molecule has 2 nitrogen and oxygen atoms in total. The zero-order valence-corrected chi connectivity index (χ0v) is 5.48. The highest BCUT2D eigenvalue weighted by molar-refractivity contribution is 5.85. The summed E-state index contributed by atoms with van der Waals surface area (Å²) in [7, 11) is 0. The Labute approximate surface area is 50.5 Å². The molecule has 1 radical (unpaired) electrons. The molecule has 0 aromatic rings. The monoisotopic (exact) mass is 114 g/mol. The minimum atomic E-state index is 0.687. The van der Waals surface area contributed by atoms with E-state index in [1.807, 2.05) is 6.92 Å². The molecular formula is C6H12NO. The van der Waals surface area contributed by atoms with Crippen molar-refractivity contribution in [2.24, 2.45) is 5.16 Å². The third-order valence-electron chi connectivity index (χ3n) is 0.516. The standard InChI is InChI=1S/C6H12NO/c1-4-5-8-7-6(2)3/h2,4-5H2,1,3H3. The maximum Gasteiger partial charge on any atom is 0.116 e. The van der Waals surface area contributed by atoms with Crippen molar-refractivity contribution < 1.29 is 4.84 Å². The fourth-order valence-corrected chi connectivity index (χ4v) is 0.247. The Kier molecular flexibility index (Phi) is 4.32. The Bertz CT molecular complexity index is 74.6. The molecule has 2 heteroatoms. The van der Waals surface area contributed by atoms with Crippen LogP contribution in [0.4, 0.5) is 0 Å². The zero-order chi connectivity index (χ0) is 6.41. The smallest absolute Gasteiger partial charge is 0.116 e. The van der Waals surface area contributed by atoms with Gasteiger partial charge in [0, 0.05) is 0 Å². The Morgan fingerprint density at radius 2 is 2.38 bits per heavy atom. The van der Waals surface area contributed by atoms with Gasteiger partial charge in [-0.1, -0.05) is 12.1 Å². The predicted octanol–water partition coefficient (Wildman–Crippen LogP) is 1.62. The van der Waals surface area contributed by atoms with Gasteiger partial charge in [0.15, 0.2) is 0 Å². The summed E-state index contributed by atoms with van der Waals surface area (Å²) < 4.78 is 0. The third-order valence-corrected chi connectivity index (χ3v) is 0.516. The van der Waals surface area contributed by atoms with Crippen LogP contribution in [-0.4, -0.2) is 12.3 Å². The molecule has 0 aromatic carbocycles.